The van der Waals surface area contributed by atoms with Gasteiger partial charge >= 0.3 is 0 Å². The molecule has 2 heterocycles. The summed E-state index contributed by atoms with van der Waals surface area (Å²) in [6.45, 7) is 0. The standard InChI is InChI=1S/C20H23N5O2S/c1-24(14-8-4-2-5-9-14)16(26)12-28-20-23-17-18(21-13-22-19(17)27)25(20)15-10-6-3-7-11-15/h3,6-7,10-11,13-14H,2,4-5,8-9,12H2,1H3,(H,21,22,27). The van der Waals surface area contributed by atoms with Gasteiger partial charge < -0.3 is 9.88 Å². The number of para-hydroxylation sites is 1. The topological polar surface area (TPSA) is 83.9 Å². The van der Waals surface area contributed by atoms with Crippen LogP contribution < -0.4 is 5.56 Å². The normalized spacial score (nSPS) is 15.0. The molecule has 0 atom stereocenters. The first-order valence-corrected chi connectivity index (χ1v) is 10.5. The van der Waals surface area contributed by atoms with Crippen LogP contribution in [0.3, 0.4) is 0 Å². The molecule has 0 saturated heterocycles. The zero-order chi connectivity index (χ0) is 19.5. The predicted octanol–water partition coefficient (Wildman–Crippen LogP) is 2.99. The molecule has 7 nitrogen and oxygen atoms in total. The molecule has 1 saturated carbocycles. The van der Waals surface area contributed by atoms with E-state index in [1.54, 1.807) is 0 Å². The van der Waals surface area contributed by atoms with E-state index in [1.807, 2.05) is 46.8 Å². The van der Waals surface area contributed by atoms with E-state index in [0.717, 1.165) is 18.5 Å². The molecular weight excluding hydrogens is 374 g/mol. The minimum atomic E-state index is -0.285. The highest BCUT2D eigenvalue weighted by molar-refractivity contribution is 7.99. The summed E-state index contributed by atoms with van der Waals surface area (Å²) >= 11 is 1.34. The lowest BCUT2D eigenvalue weighted by Gasteiger charge is -2.31. The Hall–Kier alpha value is -2.61. The maximum Gasteiger partial charge on any atom is 0.278 e. The molecule has 1 aliphatic rings. The molecule has 146 valence electrons. The number of amides is 1. The number of H-pyrrole nitrogens is 1. The smallest absolute Gasteiger partial charge is 0.278 e. The average molecular weight is 398 g/mol. The number of carbonyl (C=O) groups is 1. The fraction of sp³-hybridized carbons (Fsp3) is 0.400. The molecule has 0 spiro atoms. The van der Waals surface area contributed by atoms with Gasteiger partial charge in [0.25, 0.3) is 5.56 Å². The molecule has 1 N–H and O–H groups in total. The first-order chi connectivity index (χ1) is 13.6. The number of carbonyl (C=O) groups excluding carboxylic acids is 1. The molecule has 0 bridgehead atoms. The highest BCUT2D eigenvalue weighted by Crippen LogP contribution is 2.27. The molecular formula is C20H23N5O2S. The second-order valence-electron chi connectivity index (χ2n) is 7.05. The maximum absolute atomic E-state index is 12.7. The first-order valence-electron chi connectivity index (χ1n) is 9.55. The van der Waals surface area contributed by atoms with Crippen LogP contribution in [0, 0.1) is 0 Å². The van der Waals surface area contributed by atoms with Crippen LogP contribution >= 0.6 is 11.8 Å². The lowest BCUT2D eigenvalue weighted by molar-refractivity contribution is -0.129. The zero-order valence-corrected chi connectivity index (χ0v) is 16.6. The van der Waals surface area contributed by atoms with E-state index in [9.17, 15) is 9.59 Å². The third kappa shape index (κ3) is 3.69. The van der Waals surface area contributed by atoms with Crippen molar-refractivity contribution in [2.75, 3.05) is 12.8 Å². The van der Waals surface area contributed by atoms with Crippen LogP contribution in [0.4, 0.5) is 0 Å². The Bertz CT molecular complexity index is 1020. The SMILES string of the molecule is CN(C(=O)CSc1nc2c(=O)[nH]cnc2n1-c1ccccc1)C1CCCCC1. The molecule has 1 amide bonds. The molecule has 1 aliphatic carbocycles. The van der Waals surface area contributed by atoms with E-state index in [4.69, 9.17) is 0 Å². The van der Waals surface area contributed by atoms with Crippen molar-refractivity contribution in [1.82, 2.24) is 24.4 Å². The van der Waals surface area contributed by atoms with Crippen LogP contribution in [-0.4, -0.2) is 49.2 Å². The van der Waals surface area contributed by atoms with Crippen molar-refractivity contribution in [2.45, 2.75) is 43.3 Å². The van der Waals surface area contributed by atoms with Gasteiger partial charge in [0.15, 0.2) is 16.3 Å². The molecule has 0 unspecified atom stereocenters. The van der Waals surface area contributed by atoms with Crippen LogP contribution in [0.15, 0.2) is 46.6 Å². The van der Waals surface area contributed by atoms with Gasteiger partial charge in [-0.05, 0) is 25.0 Å². The van der Waals surface area contributed by atoms with Gasteiger partial charge in [0.2, 0.25) is 5.91 Å². The number of rotatable bonds is 5. The maximum atomic E-state index is 12.7. The Kier molecular flexibility index (Phi) is 5.47. The van der Waals surface area contributed by atoms with Crippen molar-refractivity contribution < 1.29 is 4.79 Å². The van der Waals surface area contributed by atoms with Crippen molar-refractivity contribution in [3.63, 3.8) is 0 Å². The van der Waals surface area contributed by atoms with Crippen molar-refractivity contribution in [1.29, 1.82) is 0 Å². The van der Waals surface area contributed by atoms with Crippen LogP contribution in [0.1, 0.15) is 32.1 Å². The van der Waals surface area contributed by atoms with E-state index in [0.29, 0.717) is 16.8 Å². The summed E-state index contributed by atoms with van der Waals surface area (Å²) in [5, 5.41) is 0.593. The van der Waals surface area contributed by atoms with Crippen molar-refractivity contribution in [2.24, 2.45) is 0 Å². The number of thioether (sulfide) groups is 1. The van der Waals surface area contributed by atoms with Gasteiger partial charge in [-0.3, -0.25) is 14.2 Å². The second kappa shape index (κ2) is 8.18. The Morgan fingerprint density at radius 2 is 2.00 bits per heavy atom. The van der Waals surface area contributed by atoms with Gasteiger partial charge in [-0.2, -0.15) is 0 Å². The number of nitrogens with zero attached hydrogens (tertiary/aromatic N) is 4. The number of hydrogen-bond donors (Lipinski definition) is 1. The van der Waals surface area contributed by atoms with Gasteiger partial charge in [0.05, 0.1) is 12.1 Å². The largest absolute Gasteiger partial charge is 0.342 e. The van der Waals surface area contributed by atoms with Gasteiger partial charge in [0.1, 0.15) is 0 Å². The fourth-order valence-electron chi connectivity index (χ4n) is 3.69. The van der Waals surface area contributed by atoms with E-state index < -0.39 is 0 Å². The molecule has 28 heavy (non-hydrogen) atoms. The van der Waals surface area contributed by atoms with Crippen LogP contribution in [0.2, 0.25) is 0 Å². The van der Waals surface area contributed by atoms with Crippen LogP contribution in [0.25, 0.3) is 16.9 Å². The van der Waals surface area contributed by atoms with Crippen molar-refractivity contribution in [3.05, 3.63) is 47.0 Å². The van der Waals surface area contributed by atoms with Crippen molar-refractivity contribution in [3.8, 4) is 5.69 Å². The van der Waals surface area contributed by atoms with Crippen molar-refractivity contribution >= 4 is 28.8 Å². The third-order valence-electron chi connectivity index (χ3n) is 5.27. The first kappa shape index (κ1) is 18.7. The Morgan fingerprint density at radius 1 is 1.25 bits per heavy atom. The summed E-state index contributed by atoms with van der Waals surface area (Å²) < 4.78 is 1.84. The molecule has 3 aromatic rings. The monoisotopic (exact) mass is 397 g/mol. The van der Waals surface area contributed by atoms with Gasteiger partial charge in [-0.1, -0.05) is 49.2 Å². The second-order valence-corrected chi connectivity index (χ2v) is 8.00. The van der Waals surface area contributed by atoms with Gasteiger partial charge in [0, 0.05) is 18.8 Å². The number of nitrogens with one attached hydrogen (secondary N) is 1. The van der Waals surface area contributed by atoms with Gasteiger partial charge in [-0.15, -0.1) is 0 Å². The van der Waals surface area contributed by atoms with Gasteiger partial charge in [-0.25, -0.2) is 9.97 Å². The summed E-state index contributed by atoms with van der Waals surface area (Å²) in [7, 11) is 1.89. The minimum absolute atomic E-state index is 0.0884. The molecule has 1 aromatic carbocycles. The minimum Gasteiger partial charge on any atom is -0.342 e. The summed E-state index contributed by atoms with van der Waals surface area (Å²) in [6, 6.07) is 9.97. The number of aromatic nitrogens is 4. The lowest BCUT2D eigenvalue weighted by Crippen LogP contribution is -2.39. The summed E-state index contributed by atoms with van der Waals surface area (Å²) in [6.07, 6.45) is 7.17. The van der Waals surface area contributed by atoms with E-state index in [1.165, 1.54) is 37.4 Å². The highest BCUT2D eigenvalue weighted by atomic mass is 32.2. The average Bonchev–Trinajstić information content (AvgIpc) is 3.12. The van der Waals surface area contributed by atoms with Crippen LogP contribution in [0.5, 0.6) is 0 Å². The third-order valence-corrected chi connectivity index (χ3v) is 6.20. The molecule has 0 aliphatic heterocycles. The lowest BCUT2D eigenvalue weighted by atomic mass is 9.94. The predicted molar refractivity (Wildman–Crippen MR) is 110 cm³/mol. The Morgan fingerprint density at radius 3 is 2.75 bits per heavy atom. The van der Waals surface area contributed by atoms with Crippen LogP contribution in [-0.2, 0) is 4.79 Å². The Labute approximate surface area is 167 Å². The number of hydrogen-bond acceptors (Lipinski definition) is 5. The van der Waals surface area contributed by atoms with E-state index in [2.05, 4.69) is 15.0 Å². The fourth-order valence-corrected chi connectivity index (χ4v) is 4.62. The Balaban J connectivity index is 1.61. The molecule has 8 heteroatoms. The summed E-state index contributed by atoms with van der Waals surface area (Å²) in [5.74, 6) is 0.367. The number of imidazole rings is 1. The summed E-state index contributed by atoms with van der Waals surface area (Å²) in [4.78, 5) is 38.1. The highest BCUT2D eigenvalue weighted by Gasteiger charge is 2.23. The molecule has 2 aromatic heterocycles. The van der Waals surface area contributed by atoms with E-state index >= 15 is 0 Å². The van der Waals surface area contributed by atoms with E-state index in [-0.39, 0.29) is 22.7 Å². The number of fused-ring (bicyclic) bond motifs is 1. The molecule has 4 rings (SSSR count). The number of benzene rings is 1. The quantitative estimate of drug-likeness (QED) is 0.669. The molecule has 0 radical (unpaired) electrons. The number of aromatic amines is 1. The molecule has 1 fully saturated rings. The summed E-state index contributed by atoms with van der Waals surface area (Å²) in [5.41, 5.74) is 1.35. The zero-order valence-electron chi connectivity index (χ0n) is 15.8.